The van der Waals surface area contributed by atoms with Crippen molar-refractivity contribution in [3.8, 4) is 0 Å². The second-order valence-electron chi connectivity index (χ2n) is 1.94. The summed E-state index contributed by atoms with van der Waals surface area (Å²) in [5.41, 5.74) is 0. The molecule has 4 bridgehead atoms. The maximum absolute atomic E-state index is 7.89. The van der Waals surface area contributed by atoms with Crippen molar-refractivity contribution in [2.45, 2.75) is 0 Å². The molecule has 0 aliphatic carbocycles. The van der Waals surface area contributed by atoms with Crippen LogP contribution in [0.1, 0.15) is 16.4 Å². The lowest BCUT2D eigenvalue weighted by Crippen LogP contribution is -2.71. The first-order valence-corrected chi connectivity index (χ1v) is 2.68. The van der Waals surface area contributed by atoms with Gasteiger partial charge in [0.1, 0.15) is 0 Å². The molecule has 0 spiro atoms. The minimum Gasteiger partial charge on any atom is -0.264 e. The SMILES string of the molecule is [2H]C1([2H])N2C([2H])([2H])N3C([2H])([2H])N1C([2H])([2H])N(C2([2H])[2H])C3([2H])[2H]. The summed E-state index contributed by atoms with van der Waals surface area (Å²) in [6.45, 7) is -19.1. The second kappa shape index (κ2) is 1.71. The molecule has 0 saturated carbocycles. The van der Waals surface area contributed by atoms with Crippen molar-refractivity contribution in [2.24, 2.45) is 0 Å². The Kier molecular flexibility index (Phi) is 0.231. The molecule has 56 valence electrons. The highest BCUT2D eigenvalue weighted by molar-refractivity contribution is 4.79. The molecule has 4 saturated heterocycles. The van der Waals surface area contributed by atoms with E-state index in [1.54, 1.807) is 0 Å². The highest BCUT2D eigenvalue weighted by Crippen LogP contribution is 2.20. The van der Waals surface area contributed by atoms with Crippen LogP contribution < -0.4 is 0 Å². The van der Waals surface area contributed by atoms with Gasteiger partial charge in [-0.15, -0.1) is 0 Å². The van der Waals surface area contributed by atoms with Gasteiger partial charge < -0.3 is 0 Å². The summed E-state index contributed by atoms with van der Waals surface area (Å²) in [7, 11) is 0. The number of nitrogens with zero attached hydrogens (tertiary/aromatic N) is 4. The molecule has 4 nitrogen and oxygen atoms in total. The lowest BCUT2D eigenvalue weighted by molar-refractivity contribution is -0.194. The van der Waals surface area contributed by atoms with E-state index in [1.165, 1.54) is 0 Å². The van der Waals surface area contributed by atoms with Crippen LogP contribution in [0, 0.1) is 0 Å². The lowest BCUT2D eigenvalue weighted by atomic mass is 10.4. The lowest BCUT2D eigenvalue weighted by Gasteiger charge is -2.56. The van der Waals surface area contributed by atoms with E-state index in [4.69, 9.17) is 16.4 Å². The smallest absolute Gasteiger partial charge is 0.0604 e. The molecule has 0 N–H and O–H groups in total. The summed E-state index contributed by atoms with van der Waals surface area (Å²) in [5.74, 6) is 0. The topological polar surface area (TPSA) is 13.0 Å². The third-order valence-electron chi connectivity index (χ3n) is 1.20. The van der Waals surface area contributed by atoms with E-state index in [9.17, 15) is 0 Å². The Bertz CT molecular complexity index is 384. The number of rotatable bonds is 0. The van der Waals surface area contributed by atoms with Gasteiger partial charge in [0, 0.05) is 0 Å². The Morgan fingerprint density at radius 2 is 0.800 bits per heavy atom. The summed E-state index contributed by atoms with van der Waals surface area (Å²) in [4.78, 5) is -0.0675. The molecule has 4 heteroatoms. The zero-order valence-electron chi connectivity index (χ0n) is 16.8. The minimum atomic E-state index is -3.18. The minimum absolute atomic E-state index is 0.0169. The van der Waals surface area contributed by atoms with E-state index in [1.807, 2.05) is 0 Å². The molecule has 4 aliphatic rings. The van der Waals surface area contributed by atoms with Gasteiger partial charge in [-0.3, -0.25) is 19.6 Å². The molecule has 0 atom stereocenters. The molecular weight excluding hydrogens is 128 g/mol. The van der Waals surface area contributed by atoms with E-state index >= 15 is 0 Å². The average molecular weight is 152 g/mol. The quantitative estimate of drug-likeness (QED) is 0.440. The van der Waals surface area contributed by atoms with E-state index in [-0.39, 0.29) is 19.6 Å². The van der Waals surface area contributed by atoms with Crippen LogP contribution in [0.4, 0.5) is 0 Å². The van der Waals surface area contributed by atoms with Gasteiger partial charge in [0.05, 0.1) is 56.2 Å². The van der Waals surface area contributed by atoms with Gasteiger partial charge in [0.2, 0.25) is 0 Å². The largest absolute Gasteiger partial charge is 0.264 e. The fourth-order valence-electron chi connectivity index (χ4n) is 0.868. The summed E-state index contributed by atoms with van der Waals surface area (Å²) in [5, 5.41) is 0. The van der Waals surface area contributed by atoms with E-state index < -0.39 is 39.7 Å². The molecule has 0 aromatic rings. The van der Waals surface area contributed by atoms with Crippen LogP contribution in [-0.4, -0.2) is 59.3 Å². The van der Waals surface area contributed by atoms with E-state index in [0.717, 1.165) is 0 Å². The Labute approximate surface area is 77.4 Å². The van der Waals surface area contributed by atoms with Crippen LogP contribution in [0.15, 0.2) is 0 Å². The van der Waals surface area contributed by atoms with Crippen molar-refractivity contribution in [3.63, 3.8) is 0 Å². The van der Waals surface area contributed by atoms with Crippen molar-refractivity contribution in [1.82, 2.24) is 19.6 Å². The summed E-state index contributed by atoms with van der Waals surface area (Å²) in [6.07, 6.45) is 0. The van der Waals surface area contributed by atoms with Gasteiger partial charge in [-0.25, -0.2) is 0 Å². The van der Waals surface area contributed by atoms with Gasteiger partial charge in [-0.1, -0.05) is 0 Å². The second-order valence-corrected chi connectivity index (χ2v) is 1.94. The zero-order chi connectivity index (χ0) is 17.3. The molecule has 4 aliphatic heterocycles. The third-order valence-corrected chi connectivity index (χ3v) is 1.20. The van der Waals surface area contributed by atoms with Crippen LogP contribution in [0.3, 0.4) is 0 Å². The number of hydrogen-bond acceptors (Lipinski definition) is 4. The zero-order valence-corrected chi connectivity index (χ0v) is 4.79. The molecular formula is C6H12N4. The Hall–Kier alpha value is -0.160. The fourth-order valence-corrected chi connectivity index (χ4v) is 0.868. The summed E-state index contributed by atoms with van der Waals surface area (Å²) in [6, 6.07) is 0. The fraction of sp³-hybridized carbons (Fsp3) is 1.00. The predicted octanol–water partition coefficient (Wildman–Crippen LogP) is -1.02. The van der Waals surface area contributed by atoms with Gasteiger partial charge in [-0.2, -0.15) is 0 Å². The van der Waals surface area contributed by atoms with Crippen molar-refractivity contribution >= 4 is 0 Å². The average Bonchev–Trinajstić information content (AvgIpc) is 2.01. The van der Waals surface area contributed by atoms with E-state index in [2.05, 4.69) is 0 Å². The van der Waals surface area contributed by atoms with Gasteiger partial charge in [0.25, 0.3) is 0 Å². The molecule has 4 heterocycles. The summed E-state index contributed by atoms with van der Waals surface area (Å²) < 4.78 is 94.6. The molecule has 4 fully saturated rings. The molecule has 0 aromatic heterocycles. The molecule has 0 radical (unpaired) electrons. The highest BCUT2D eigenvalue weighted by atomic mass is 15.7. The predicted molar refractivity (Wildman–Crippen MR) is 36.6 cm³/mol. The third kappa shape index (κ3) is 0.645. The molecule has 0 amide bonds. The molecule has 0 unspecified atom stereocenters. The van der Waals surface area contributed by atoms with Crippen molar-refractivity contribution < 1.29 is 16.4 Å². The Morgan fingerprint density at radius 3 is 1.00 bits per heavy atom. The van der Waals surface area contributed by atoms with Gasteiger partial charge in [-0.05, 0) is 0 Å². The molecule has 0 aromatic carbocycles. The molecule has 10 heavy (non-hydrogen) atoms. The van der Waals surface area contributed by atoms with Crippen molar-refractivity contribution in [2.75, 3.05) is 39.7 Å². The van der Waals surface area contributed by atoms with Crippen molar-refractivity contribution in [1.29, 1.82) is 0 Å². The van der Waals surface area contributed by atoms with Crippen LogP contribution in [0.25, 0.3) is 0 Å². The van der Waals surface area contributed by atoms with Crippen LogP contribution in [0.5, 0.6) is 0 Å². The van der Waals surface area contributed by atoms with Crippen molar-refractivity contribution in [3.05, 3.63) is 0 Å². The first-order valence-electron chi connectivity index (χ1n) is 8.68. The van der Waals surface area contributed by atoms with Crippen LogP contribution >= 0.6 is 0 Å². The van der Waals surface area contributed by atoms with Gasteiger partial charge >= 0.3 is 0 Å². The van der Waals surface area contributed by atoms with E-state index in [0.29, 0.717) is 0 Å². The van der Waals surface area contributed by atoms with Crippen LogP contribution in [0.2, 0.25) is 0 Å². The number of hydrogen-bond donors (Lipinski definition) is 0. The Morgan fingerprint density at radius 1 is 0.600 bits per heavy atom. The first-order chi connectivity index (χ1) is 9.46. The normalized spacial score (nSPS) is 106. The maximum atomic E-state index is 7.89. The standard InChI is InChI=1S/C6H12N4/c1-7-2-9-4-8(1)5-10(3-7)6-9/h1-6H2/i1D2,2D2,3D2,4D2,5D2,6D2. The first kappa shape index (κ1) is 1.35. The monoisotopic (exact) mass is 152 g/mol. The highest BCUT2D eigenvalue weighted by Gasteiger charge is 2.36. The van der Waals surface area contributed by atoms with Gasteiger partial charge in [0.15, 0.2) is 0 Å². The maximum Gasteiger partial charge on any atom is 0.0604 e. The summed E-state index contributed by atoms with van der Waals surface area (Å²) >= 11 is 0. The van der Waals surface area contributed by atoms with Crippen LogP contribution in [-0.2, 0) is 0 Å². The molecule has 4 rings (SSSR count). The Balaban J connectivity index is 2.41.